The van der Waals surface area contributed by atoms with Crippen LogP contribution in [0.4, 0.5) is 0 Å². The van der Waals surface area contributed by atoms with E-state index in [4.69, 9.17) is 4.74 Å². The van der Waals surface area contributed by atoms with Crippen molar-refractivity contribution in [2.45, 2.75) is 57.2 Å². The average Bonchev–Trinajstić information content (AvgIpc) is 3.12. The van der Waals surface area contributed by atoms with Gasteiger partial charge in [0.1, 0.15) is 5.54 Å². The van der Waals surface area contributed by atoms with Crippen LogP contribution < -0.4 is 5.32 Å². The first-order chi connectivity index (χ1) is 9.94. The third-order valence-corrected chi connectivity index (χ3v) is 4.61. The maximum absolute atomic E-state index is 12.3. The van der Waals surface area contributed by atoms with Crippen molar-refractivity contribution in [3.05, 3.63) is 0 Å². The standard InChI is InChI=1S/C16H31N3O2/c1-5-21-15(20)16(2,17-13-8-9-13)12-18(3)11-14-7-6-10-19(14)4/h13-14,17H,5-12H2,1-4H3. The molecule has 2 fully saturated rings. The molecule has 0 aromatic carbocycles. The van der Waals surface area contributed by atoms with E-state index in [0.717, 1.165) is 6.54 Å². The largest absolute Gasteiger partial charge is 0.465 e. The van der Waals surface area contributed by atoms with Crippen LogP contribution in [0.25, 0.3) is 0 Å². The normalized spacial score (nSPS) is 26.0. The van der Waals surface area contributed by atoms with E-state index in [1.54, 1.807) is 0 Å². The Morgan fingerprint density at radius 3 is 2.67 bits per heavy atom. The number of likely N-dealkylation sites (N-methyl/N-ethyl adjacent to an activating group) is 2. The summed E-state index contributed by atoms with van der Waals surface area (Å²) in [5.41, 5.74) is -0.594. The van der Waals surface area contributed by atoms with Crippen molar-refractivity contribution in [3.63, 3.8) is 0 Å². The van der Waals surface area contributed by atoms with Gasteiger partial charge in [-0.25, -0.2) is 0 Å². The Morgan fingerprint density at radius 2 is 2.14 bits per heavy atom. The highest BCUT2D eigenvalue weighted by atomic mass is 16.5. The van der Waals surface area contributed by atoms with Crippen LogP contribution in [-0.2, 0) is 9.53 Å². The van der Waals surface area contributed by atoms with Crippen molar-refractivity contribution in [2.75, 3.05) is 40.3 Å². The van der Waals surface area contributed by atoms with Gasteiger partial charge in [-0.15, -0.1) is 0 Å². The van der Waals surface area contributed by atoms with Gasteiger partial charge in [0.25, 0.3) is 0 Å². The van der Waals surface area contributed by atoms with Gasteiger partial charge >= 0.3 is 5.97 Å². The molecule has 1 saturated carbocycles. The van der Waals surface area contributed by atoms with Gasteiger partial charge in [-0.05, 0) is 60.2 Å². The summed E-state index contributed by atoms with van der Waals surface area (Å²) in [5.74, 6) is -0.122. The summed E-state index contributed by atoms with van der Waals surface area (Å²) in [7, 11) is 4.30. The van der Waals surface area contributed by atoms with Gasteiger partial charge in [0, 0.05) is 25.2 Å². The second kappa shape index (κ2) is 7.07. The number of carbonyl (C=O) groups excluding carboxylic acids is 1. The number of esters is 1. The van der Waals surface area contributed by atoms with Crippen molar-refractivity contribution >= 4 is 5.97 Å². The van der Waals surface area contributed by atoms with Crippen LogP contribution >= 0.6 is 0 Å². The quantitative estimate of drug-likeness (QED) is 0.679. The number of likely N-dealkylation sites (tertiary alicyclic amines) is 1. The Morgan fingerprint density at radius 1 is 1.43 bits per heavy atom. The number of hydrogen-bond acceptors (Lipinski definition) is 5. The molecule has 122 valence electrons. The third kappa shape index (κ3) is 4.66. The number of carbonyl (C=O) groups is 1. The Bertz CT molecular complexity index is 359. The van der Waals surface area contributed by atoms with E-state index >= 15 is 0 Å². The fraction of sp³-hybridized carbons (Fsp3) is 0.938. The summed E-state index contributed by atoms with van der Waals surface area (Å²) in [6, 6.07) is 1.10. The van der Waals surface area contributed by atoms with Gasteiger partial charge < -0.3 is 14.5 Å². The minimum absolute atomic E-state index is 0.122. The van der Waals surface area contributed by atoms with Crippen LogP contribution in [-0.4, -0.2) is 73.7 Å². The molecule has 2 atom stereocenters. The summed E-state index contributed by atoms with van der Waals surface area (Å²) in [4.78, 5) is 17.0. The number of rotatable bonds is 8. The first-order valence-electron chi connectivity index (χ1n) is 8.28. The summed E-state index contributed by atoms with van der Waals surface area (Å²) >= 11 is 0. The summed E-state index contributed by atoms with van der Waals surface area (Å²) < 4.78 is 5.29. The second-order valence-electron chi connectivity index (χ2n) is 6.94. The Balaban J connectivity index is 1.91. The van der Waals surface area contributed by atoms with Crippen molar-refractivity contribution in [1.29, 1.82) is 0 Å². The maximum atomic E-state index is 12.3. The predicted molar refractivity (Wildman–Crippen MR) is 84.3 cm³/mol. The van der Waals surface area contributed by atoms with Crippen LogP contribution in [0, 0.1) is 0 Å². The molecule has 0 spiro atoms. The second-order valence-corrected chi connectivity index (χ2v) is 6.94. The topological polar surface area (TPSA) is 44.8 Å². The van der Waals surface area contributed by atoms with Crippen molar-refractivity contribution in [1.82, 2.24) is 15.1 Å². The Hall–Kier alpha value is -0.650. The van der Waals surface area contributed by atoms with E-state index in [9.17, 15) is 4.79 Å². The molecule has 0 amide bonds. The molecule has 1 heterocycles. The molecule has 0 aromatic rings. The van der Waals surface area contributed by atoms with E-state index in [0.29, 0.717) is 25.2 Å². The highest BCUT2D eigenvalue weighted by molar-refractivity contribution is 5.80. The third-order valence-electron chi connectivity index (χ3n) is 4.61. The van der Waals surface area contributed by atoms with Gasteiger partial charge in [0.2, 0.25) is 0 Å². The van der Waals surface area contributed by atoms with Crippen molar-refractivity contribution in [3.8, 4) is 0 Å². The molecule has 0 radical (unpaired) electrons. The van der Waals surface area contributed by atoms with E-state index < -0.39 is 5.54 Å². The highest BCUT2D eigenvalue weighted by Crippen LogP contribution is 2.24. The lowest BCUT2D eigenvalue weighted by molar-refractivity contribution is -0.151. The Labute approximate surface area is 129 Å². The fourth-order valence-electron chi connectivity index (χ4n) is 3.31. The summed E-state index contributed by atoms with van der Waals surface area (Å²) in [6.07, 6.45) is 4.88. The number of nitrogens with zero attached hydrogens (tertiary/aromatic N) is 2. The molecule has 1 aliphatic heterocycles. The number of nitrogens with one attached hydrogen (secondary N) is 1. The van der Waals surface area contributed by atoms with E-state index in [1.165, 1.54) is 32.2 Å². The first-order valence-corrected chi connectivity index (χ1v) is 8.28. The summed E-state index contributed by atoms with van der Waals surface area (Å²) in [6.45, 7) is 7.19. The van der Waals surface area contributed by atoms with E-state index in [-0.39, 0.29) is 5.97 Å². The van der Waals surface area contributed by atoms with Crippen LogP contribution in [0.3, 0.4) is 0 Å². The van der Waals surface area contributed by atoms with E-state index in [1.807, 2.05) is 13.8 Å². The molecular weight excluding hydrogens is 266 g/mol. The van der Waals surface area contributed by atoms with Gasteiger partial charge in [0.15, 0.2) is 0 Å². The molecule has 5 heteroatoms. The monoisotopic (exact) mass is 297 g/mol. The molecule has 5 nitrogen and oxygen atoms in total. The lowest BCUT2D eigenvalue weighted by atomic mass is 10.0. The zero-order valence-corrected chi connectivity index (χ0v) is 14.0. The molecular formula is C16H31N3O2. The SMILES string of the molecule is CCOC(=O)C(C)(CN(C)CC1CCCN1C)NC1CC1. The lowest BCUT2D eigenvalue weighted by Crippen LogP contribution is -2.58. The minimum atomic E-state index is -0.594. The molecule has 1 N–H and O–H groups in total. The van der Waals surface area contributed by atoms with Gasteiger partial charge in [-0.1, -0.05) is 0 Å². The van der Waals surface area contributed by atoms with Crippen LogP contribution in [0.2, 0.25) is 0 Å². The zero-order valence-electron chi connectivity index (χ0n) is 14.0. The van der Waals surface area contributed by atoms with Crippen LogP contribution in [0.5, 0.6) is 0 Å². The fourth-order valence-corrected chi connectivity index (χ4v) is 3.31. The zero-order chi connectivity index (χ0) is 15.5. The lowest BCUT2D eigenvalue weighted by Gasteiger charge is -2.34. The smallest absolute Gasteiger partial charge is 0.327 e. The molecule has 1 aliphatic carbocycles. The molecule has 0 bridgehead atoms. The number of hydrogen-bond donors (Lipinski definition) is 1. The van der Waals surface area contributed by atoms with Crippen LogP contribution in [0.1, 0.15) is 39.5 Å². The van der Waals surface area contributed by atoms with Crippen molar-refractivity contribution in [2.24, 2.45) is 0 Å². The molecule has 21 heavy (non-hydrogen) atoms. The molecule has 0 aromatic heterocycles. The molecule has 2 rings (SSSR count). The summed E-state index contributed by atoms with van der Waals surface area (Å²) in [5, 5.41) is 3.49. The van der Waals surface area contributed by atoms with Gasteiger partial charge in [0.05, 0.1) is 6.61 Å². The average molecular weight is 297 g/mol. The Kier molecular flexibility index (Phi) is 5.63. The minimum Gasteiger partial charge on any atom is -0.465 e. The molecule has 2 unspecified atom stereocenters. The van der Waals surface area contributed by atoms with Crippen LogP contribution in [0.15, 0.2) is 0 Å². The molecule has 1 saturated heterocycles. The highest BCUT2D eigenvalue weighted by Gasteiger charge is 2.40. The van der Waals surface area contributed by atoms with Crippen molar-refractivity contribution < 1.29 is 9.53 Å². The predicted octanol–water partition coefficient (Wildman–Crippen LogP) is 1.09. The van der Waals surface area contributed by atoms with E-state index in [2.05, 4.69) is 29.2 Å². The van der Waals surface area contributed by atoms with Gasteiger partial charge in [-0.3, -0.25) is 10.1 Å². The number of ether oxygens (including phenoxy) is 1. The van der Waals surface area contributed by atoms with Gasteiger partial charge in [-0.2, -0.15) is 0 Å². The molecule has 2 aliphatic rings. The first kappa shape index (κ1) is 16.7. The maximum Gasteiger partial charge on any atom is 0.327 e.